The van der Waals surface area contributed by atoms with Gasteiger partial charge in [0.1, 0.15) is 5.69 Å². The largest absolute Gasteiger partial charge is 0.466 e. The molecule has 0 aliphatic heterocycles. The number of alkyl halides is 2. The van der Waals surface area contributed by atoms with Crippen LogP contribution < -0.4 is 5.73 Å². The maximum atomic E-state index is 12.5. The van der Waals surface area contributed by atoms with Gasteiger partial charge in [-0.15, -0.1) is 0 Å². The SMILES string of the molecule is CCOC(=O)Cc1c(Cl)cc(C(F)F)nc1CN. The highest BCUT2D eigenvalue weighted by Gasteiger charge is 2.18. The molecule has 1 heterocycles. The number of rotatable bonds is 5. The second-order valence-electron chi connectivity index (χ2n) is 3.44. The van der Waals surface area contributed by atoms with E-state index >= 15 is 0 Å². The van der Waals surface area contributed by atoms with Crippen molar-refractivity contribution in [3.05, 3.63) is 28.0 Å². The van der Waals surface area contributed by atoms with Crippen molar-refractivity contribution in [1.29, 1.82) is 0 Å². The molecule has 0 unspecified atom stereocenters. The van der Waals surface area contributed by atoms with E-state index in [2.05, 4.69) is 4.98 Å². The van der Waals surface area contributed by atoms with Gasteiger partial charge in [-0.05, 0) is 13.0 Å². The van der Waals surface area contributed by atoms with Gasteiger partial charge in [0.15, 0.2) is 0 Å². The standard InChI is InChI=1S/C11H13ClF2N2O2/c1-2-18-10(17)3-6-7(12)4-8(11(13)14)16-9(6)5-15/h4,11H,2-3,5,15H2,1H3. The molecule has 0 radical (unpaired) electrons. The Balaban J connectivity index is 3.07. The predicted molar refractivity (Wildman–Crippen MR) is 62.4 cm³/mol. The number of esters is 1. The third-order valence-corrected chi connectivity index (χ3v) is 2.56. The lowest BCUT2D eigenvalue weighted by molar-refractivity contribution is -0.142. The lowest BCUT2D eigenvalue weighted by Gasteiger charge is -2.11. The summed E-state index contributed by atoms with van der Waals surface area (Å²) >= 11 is 5.86. The molecule has 0 amide bonds. The van der Waals surface area contributed by atoms with Crippen LogP contribution in [0.25, 0.3) is 0 Å². The summed E-state index contributed by atoms with van der Waals surface area (Å²) in [5.41, 5.74) is 5.49. The number of halogens is 3. The van der Waals surface area contributed by atoms with E-state index in [4.69, 9.17) is 22.1 Å². The van der Waals surface area contributed by atoms with Gasteiger partial charge in [0.25, 0.3) is 6.43 Å². The number of pyridine rings is 1. The number of hydrogen-bond acceptors (Lipinski definition) is 4. The van der Waals surface area contributed by atoms with Crippen molar-refractivity contribution in [2.24, 2.45) is 5.73 Å². The van der Waals surface area contributed by atoms with E-state index < -0.39 is 18.1 Å². The van der Waals surface area contributed by atoms with Gasteiger partial charge in [0.05, 0.1) is 18.7 Å². The Kier molecular flexibility index (Phi) is 5.43. The molecule has 0 aliphatic rings. The molecule has 2 N–H and O–H groups in total. The normalized spacial score (nSPS) is 10.8. The minimum atomic E-state index is -2.73. The first kappa shape index (κ1) is 14.8. The third kappa shape index (κ3) is 3.61. The summed E-state index contributed by atoms with van der Waals surface area (Å²) in [4.78, 5) is 15.1. The number of carbonyl (C=O) groups excluding carboxylic acids is 1. The Morgan fingerprint density at radius 3 is 2.78 bits per heavy atom. The maximum absolute atomic E-state index is 12.5. The molecule has 0 fully saturated rings. The zero-order chi connectivity index (χ0) is 13.7. The van der Waals surface area contributed by atoms with Crippen molar-refractivity contribution in [2.75, 3.05) is 6.61 Å². The van der Waals surface area contributed by atoms with Crippen LogP contribution in [0.5, 0.6) is 0 Å². The average molecular weight is 279 g/mol. The first-order valence-corrected chi connectivity index (χ1v) is 5.69. The highest BCUT2D eigenvalue weighted by molar-refractivity contribution is 6.31. The number of nitrogens with two attached hydrogens (primary N) is 1. The van der Waals surface area contributed by atoms with Crippen LogP contribution in [0.4, 0.5) is 8.78 Å². The highest BCUT2D eigenvalue weighted by Crippen LogP contribution is 2.26. The van der Waals surface area contributed by atoms with E-state index in [-0.39, 0.29) is 30.3 Å². The second-order valence-corrected chi connectivity index (χ2v) is 3.85. The topological polar surface area (TPSA) is 65.2 Å². The average Bonchev–Trinajstić information content (AvgIpc) is 2.31. The Morgan fingerprint density at radius 1 is 1.61 bits per heavy atom. The van der Waals surface area contributed by atoms with Gasteiger partial charge < -0.3 is 10.5 Å². The number of ether oxygens (including phenoxy) is 1. The fourth-order valence-corrected chi connectivity index (χ4v) is 1.72. The van der Waals surface area contributed by atoms with Gasteiger partial charge in [-0.1, -0.05) is 11.6 Å². The van der Waals surface area contributed by atoms with Crippen molar-refractivity contribution >= 4 is 17.6 Å². The van der Waals surface area contributed by atoms with E-state index in [1.54, 1.807) is 6.92 Å². The molecule has 7 heteroatoms. The number of carbonyl (C=O) groups is 1. The fraction of sp³-hybridized carbons (Fsp3) is 0.455. The van der Waals surface area contributed by atoms with Gasteiger partial charge in [-0.3, -0.25) is 9.78 Å². The predicted octanol–water partition coefficient (Wildman–Crippen LogP) is 2.24. The molecule has 0 spiro atoms. The molecule has 100 valence electrons. The van der Waals surface area contributed by atoms with Crippen molar-refractivity contribution in [3.63, 3.8) is 0 Å². The zero-order valence-electron chi connectivity index (χ0n) is 9.75. The summed E-state index contributed by atoms with van der Waals surface area (Å²) in [6.45, 7) is 1.83. The summed E-state index contributed by atoms with van der Waals surface area (Å²) in [5, 5.41) is 0.0498. The molecule has 0 aromatic carbocycles. The van der Waals surface area contributed by atoms with E-state index in [1.165, 1.54) is 0 Å². The summed E-state index contributed by atoms with van der Waals surface area (Å²) in [5.74, 6) is -0.499. The molecule has 0 atom stereocenters. The first-order chi connectivity index (χ1) is 8.49. The van der Waals surface area contributed by atoms with Crippen LogP contribution in [0.1, 0.15) is 30.3 Å². The third-order valence-electron chi connectivity index (χ3n) is 2.22. The summed E-state index contributed by atoms with van der Waals surface area (Å²) in [7, 11) is 0. The minimum absolute atomic E-state index is 0.0498. The molecule has 0 saturated carbocycles. The number of aromatic nitrogens is 1. The van der Waals surface area contributed by atoms with Gasteiger partial charge >= 0.3 is 5.97 Å². The Hall–Kier alpha value is -1.27. The van der Waals surface area contributed by atoms with Crippen molar-refractivity contribution in [1.82, 2.24) is 4.98 Å². The molecule has 1 aromatic rings. The van der Waals surface area contributed by atoms with Crippen molar-refractivity contribution in [2.45, 2.75) is 26.3 Å². The van der Waals surface area contributed by atoms with E-state index in [1.807, 2.05) is 0 Å². The lowest BCUT2D eigenvalue weighted by atomic mass is 10.1. The molecule has 18 heavy (non-hydrogen) atoms. The monoisotopic (exact) mass is 278 g/mol. The molecule has 0 bridgehead atoms. The number of nitrogens with zero attached hydrogens (tertiary/aromatic N) is 1. The van der Waals surface area contributed by atoms with Gasteiger partial charge in [-0.25, -0.2) is 8.78 Å². The Bertz CT molecular complexity index is 441. The molecule has 0 aliphatic carbocycles. The fourth-order valence-electron chi connectivity index (χ4n) is 1.43. The van der Waals surface area contributed by atoms with Crippen LogP contribution in [0.3, 0.4) is 0 Å². The smallest absolute Gasteiger partial charge is 0.310 e. The Morgan fingerprint density at radius 2 is 2.28 bits per heavy atom. The maximum Gasteiger partial charge on any atom is 0.310 e. The van der Waals surface area contributed by atoms with Crippen LogP contribution in [0.2, 0.25) is 5.02 Å². The zero-order valence-corrected chi connectivity index (χ0v) is 10.5. The Labute approximate surface area is 108 Å². The lowest BCUT2D eigenvalue weighted by Crippen LogP contribution is -2.14. The summed E-state index contributed by atoms with van der Waals surface area (Å²) in [6, 6.07) is 1.04. The molecule has 1 rings (SSSR count). The highest BCUT2D eigenvalue weighted by atomic mass is 35.5. The van der Waals surface area contributed by atoms with Crippen LogP contribution in [0.15, 0.2) is 6.07 Å². The molecular formula is C11H13ClF2N2O2. The quantitative estimate of drug-likeness (QED) is 0.839. The summed E-state index contributed by atoms with van der Waals surface area (Å²) in [6.07, 6.45) is -2.86. The van der Waals surface area contributed by atoms with Crippen molar-refractivity contribution < 1.29 is 18.3 Å². The van der Waals surface area contributed by atoms with E-state index in [9.17, 15) is 13.6 Å². The molecule has 4 nitrogen and oxygen atoms in total. The van der Waals surface area contributed by atoms with Crippen LogP contribution in [-0.2, 0) is 22.5 Å². The second kappa shape index (κ2) is 6.61. The molecule has 0 saturated heterocycles. The van der Waals surface area contributed by atoms with Crippen LogP contribution in [0, 0.1) is 0 Å². The van der Waals surface area contributed by atoms with E-state index in [0.29, 0.717) is 5.56 Å². The summed E-state index contributed by atoms with van der Waals surface area (Å²) < 4.78 is 29.8. The van der Waals surface area contributed by atoms with Crippen molar-refractivity contribution in [3.8, 4) is 0 Å². The van der Waals surface area contributed by atoms with Crippen LogP contribution in [-0.4, -0.2) is 17.6 Å². The minimum Gasteiger partial charge on any atom is -0.466 e. The van der Waals surface area contributed by atoms with Crippen LogP contribution >= 0.6 is 11.6 Å². The van der Waals surface area contributed by atoms with Gasteiger partial charge in [0.2, 0.25) is 0 Å². The van der Waals surface area contributed by atoms with Gasteiger partial charge in [0, 0.05) is 17.1 Å². The molecule has 1 aromatic heterocycles. The first-order valence-electron chi connectivity index (χ1n) is 5.31. The molecular weight excluding hydrogens is 266 g/mol. The van der Waals surface area contributed by atoms with Gasteiger partial charge in [-0.2, -0.15) is 0 Å². The van der Waals surface area contributed by atoms with E-state index in [0.717, 1.165) is 6.07 Å². The number of hydrogen-bond donors (Lipinski definition) is 1.